The highest BCUT2D eigenvalue weighted by Gasteiger charge is 2.27. The van der Waals surface area contributed by atoms with Crippen LogP contribution in [0.1, 0.15) is 10.4 Å². The maximum Gasteiger partial charge on any atom is 0.282 e. The van der Waals surface area contributed by atoms with Gasteiger partial charge in [0.15, 0.2) is 10.9 Å². The Balaban J connectivity index is 0.00000300. The average Bonchev–Trinajstić information content (AvgIpc) is 3.05. The van der Waals surface area contributed by atoms with Crippen molar-refractivity contribution in [1.82, 2.24) is 9.88 Å². The largest absolute Gasteiger partial charge is 0.308 e. The second kappa shape index (κ2) is 9.21. The minimum absolute atomic E-state index is 0. The van der Waals surface area contributed by atoms with Crippen LogP contribution in [-0.2, 0) is 0 Å². The van der Waals surface area contributed by atoms with Crippen molar-refractivity contribution in [2.45, 2.75) is 0 Å². The Kier molecular flexibility index (Phi) is 7.17. The summed E-state index contributed by atoms with van der Waals surface area (Å²) in [4.78, 5) is 31.0. The lowest BCUT2D eigenvalue weighted by molar-refractivity contribution is -0.385. The maximum absolute atomic E-state index is 14.0. The molecule has 1 amide bonds. The van der Waals surface area contributed by atoms with Gasteiger partial charge in [0.25, 0.3) is 11.6 Å². The lowest BCUT2D eigenvalue weighted by Crippen LogP contribution is -2.37. The summed E-state index contributed by atoms with van der Waals surface area (Å²) in [6, 6.07) is 7.45. The summed E-state index contributed by atoms with van der Waals surface area (Å²) in [5.41, 5.74) is -0.482. The first-order chi connectivity index (χ1) is 13.3. The van der Waals surface area contributed by atoms with Crippen LogP contribution in [0.4, 0.5) is 19.6 Å². The molecule has 1 heterocycles. The number of carbonyl (C=O) groups is 1. The maximum atomic E-state index is 14.0. The van der Waals surface area contributed by atoms with E-state index in [1.54, 1.807) is 14.1 Å². The van der Waals surface area contributed by atoms with Crippen LogP contribution in [0.2, 0.25) is 0 Å². The van der Waals surface area contributed by atoms with Crippen LogP contribution in [0.5, 0.6) is 0 Å². The molecule has 2 aromatic carbocycles. The number of amides is 1. The van der Waals surface area contributed by atoms with E-state index >= 15 is 0 Å². The Labute approximate surface area is 175 Å². The molecule has 0 spiro atoms. The predicted molar refractivity (Wildman–Crippen MR) is 110 cm³/mol. The monoisotopic (exact) mass is 442 g/mol. The van der Waals surface area contributed by atoms with Gasteiger partial charge in [0.2, 0.25) is 0 Å². The number of nitrogens with zero attached hydrogens (tertiary/aromatic N) is 4. The van der Waals surface area contributed by atoms with Gasteiger partial charge in [0.1, 0.15) is 16.9 Å². The lowest BCUT2D eigenvalue weighted by Gasteiger charge is -2.21. The first-order valence-corrected chi connectivity index (χ1v) is 9.05. The Morgan fingerprint density at radius 1 is 1.21 bits per heavy atom. The third kappa shape index (κ3) is 4.84. The topological polar surface area (TPSA) is 79.6 Å². The second-order valence-electron chi connectivity index (χ2n) is 6.27. The molecule has 3 rings (SSSR count). The molecule has 0 N–H and O–H groups in total. The minimum Gasteiger partial charge on any atom is -0.308 e. The SMILES string of the molecule is CN(C)CCN(C(=O)c1ccccc1[N+](=O)[O-])c1nc2c(F)cc(F)cc2s1.Cl. The number of hydrogen-bond donors (Lipinski definition) is 0. The van der Waals surface area contributed by atoms with Gasteiger partial charge in [-0.05, 0) is 26.2 Å². The Hall–Kier alpha value is -2.69. The number of thiazole rings is 1. The Morgan fingerprint density at radius 3 is 2.55 bits per heavy atom. The van der Waals surface area contributed by atoms with Gasteiger partial charge in [-0.1, -0.05) is 23.5 Å². The molecule has 0 saturated carbocycles. The standard InChI is InChI=1S/C18H16F2N4O3S.ClH/c1-22(2)7-8-23(17(25)12-5-3-4-6-14(12)24(26)27)18-21-16-13(20)9-11(19)10-15(16)28-18;/h3-6,9-10H,7-8H2,1-2H3;1H. The smallest absolute Gasteiger partial charge is 0.282 e. The third-order valence-corrected chi connectivity index (χ3v) is 5.01. The average molecular weight is 443 g/mol. The number of anilines is 1. The van der Waals surface area contributed by atoms with Crippen LogP contribution in [0, 0.1) is 21.7 Å². The molecule has 0 aliphatic rings. The van der Waals surface area contributed by atoms with Gasteiger partial charge in [0.05, 0.1) is 9.62 Å². The van der Waals surface area contributed by atoms with Crippen molar-refractivity contribution < 1.29 is 18.5 Å². The number of nitro groups is 1. The van der Waals surface area contributed by atoms with E-state index in [2.05, 4.69) is 4.98 Å². The van der Waals surface area contributed by atoms with Crippen molar-refractivity contribution in [2.75, 3.05) is 32.1 Å². The number of aromatic nitrogens is 1. The summed E-state index contributed by atoms with van der Waals surface area (Å²) in [6.45, 7) is 0.612. The quantitative estimate of drug-likeness (QED) is 0.424. The van der Waals surface area contributed by atoms with Gasteiger partial charge in [-0.15, -0.1) is 12.4 Å². The van der Waals surface area contributed by atoms with Crippen LogP contribution in [-0.4, -0.2) is 47.9 Å². The molecule has 0 saturated heterocycles. The summed E-state index contributed by atoms with van der Waals surface area (Å²) < 4.78 is 27.8. The van der Waals surface area contributed by atoms with E-state index in [0.717, 1.165) is 23.5 Å². The van der Waals surface area contributed by atoms with Crippen molar-refractivity contribution in [3.05, 3.63) is 63.7 Å². The molecule has 154 valence electrons. The molecule has 0 aliphatic carbocycles. The first kappa shape index (κ1) is 22.6. The fraction of sp³-hybridized carbons (Fsp3) is 0.222. The van der Waals surface area contributed by atoms with Crippen molar-refractivity contribution in [2.24, 2.45) is 0 Å². The summed E-state index contributed by atoms with van der Waals surface area (Å²) >= 11 is 0.948. The van der Waals surface area contributed by atoms with Crippen LogP contribution in [0.25, 0.3) is 10.2 Å². The molecule has 0 unspecified atom stereocenters. The van der Waals surface area contributed by atoms with Crippen molar-refractivity contribution in [3.63, 3.8) is 0 Å². The Morgan fingerprint density at radius 2 is 1.90 bits per heavy atom. The van der Waals surface area contributed by atoms with Crippen molar-refractivity contribution >= 4 is 50.7 Å². The van der Waals surface area contributed by atoms with Gasteiger partial charge >= 0.3 is 0 Å². The zero-order chi connectivity index (χ0) is 20.4. The molecule has 0 aliphatic heterocycles. The minimum atomic E-state index is -0.830. The van der Waals surface area contributed by atoms with Crippen molar-refractivity contribution in [3.8, 4) is 0 Å². The predicted octanol–water partition coefficient (Wildman–Crippen LogP) is 4.11. The fourth-order valence-electron chi connectivity index (χ4n) is 2.60. The molecule has 11 heteroatoms. The highest BCUT2D eigenvalue weighted by atomic mass is 35.5. The zero-order valence-corrected chi connectivity index (χ0v) is 17.1. The van der Waals surface area contributed by atoms with E-state index in [1.807, 2.05) is 4.90 Å². The number of fused-ring (bicyclic) bond motifs is 1. The number of hydrogen-bond acceptors (Lipinski definition) is 6. The van der Waals surface area contributed by atoms with Gasteiger partial charge in [-0.25, -0.2) is 13.8 Å². The molecule has 0 atom stereocenters. The van der Waals surface area contributed by atoms with Crippen molar-refractivity contribution in [1.29, 1.82) is 0 Å². The van der Waals surface area contributed by atoms with Gasteiger partial charge in [-0.3, -0.25) is 19.8 Å². The van der Waals surface area contributed by atoms with Gasteiger partial charge < -0.3 is 4.90 Å². The second-order valence-corrected chi connectivity index (χ2v) is 7.27. The highest BCUT2D eigenvalue weighted by Crippen LogP contribution is 2.32. The van der Waals surface area contributed by atoms with Crippen LogP contribution in [0.15, 0.2) is 36.4 Å². The number of benzene rings is 2. The highest BCUT2D eigenvalue weighted by molar-refractivity contribution is 7.22. The zero-order valence-electron chi connectivity index (χ0n) is 15.5. The summed E-state index contributed by atoms with van der Waals surface area (Å²) in [5.74, 6) is -2.21. The Bertz CT molecular complexity index is 1060. The number of nitro benzene ring substituents is 1. The van der Waals surface area contributed by atoms with Crippen LogP contribution in [0.3, 0.4) is 0 Å². The van der Waals surface area contributed by atoms with E-state index in [-0.39, 0.29) is 45.6 Å². The molecule has 29 heavy (non-hydrogen) atoms. The van der Waals surface area contributed by atoms with E-state index < -0.39 is 22.5 Å². The van der Waals surface area contributed by atoms with E-state index in [0.29, 0.717) is 6.54 Å². The van der Waals surface area contributed by atoms with E-state index in [4.69, 9.17) is 0 Å². The molecule has 0 fully saturated rings. The van der Waals surface area contributed by atoms with Crippen LogP contribution < -0.4 is 4.90 Å². The summed E-state index contributed by atoms with van der Waals surface area (Å²) in [7, 11) is 3.61. The normalized spacial score (nSPS) is 10.8. The van der Waals surface area contributed by atoms with Gasteiger partial charge in [-0.2, -0.15) is 0 Å². The molecule has 3 aromatic rings. The first-order valence-electron chi connectivity index (χ1n) is 8.23. The fourth-order valence-corrected chi connectivity index (χ4v) is 3.63. The molecule has 0 radical (unpaired) electrons. The number of halogens is 3. The summed E-state index contributed by atoms with van der Waals surface area (Å²) in [5, 5.41) is 11.4. The molecular formula is C18H17ClF2N4O3S. The number of rotatable bonds is 6. The molecule has 7 nitrogen and oxygen atoms in total. The van der Waals surface area contributed by atoms with Gasteiger partial charge in [0, 0.05) is 25.2 Å². The van der Waals surface area contributed by atoms with Crippen LogP contribution >= 0.6 is 23.7 Å². The van der Waals surface area contributed by atoms with E-state index in [1.165, 1.54) is 29.2 Å². The number of likely N-dealkylation sites (N-methyl/N-ethyl adjacent to an activating group) is 1. The third-order valence-electron chi connectivity index (χ3n) is 3.98. The molecule has 0 bridgehead atoms. The van der Waals surface area contributed by atoms with E-state index in [9.17, 15) is 23.7 Å². The number of para-hydroxylation sites is 1. The molecule has 1 aromatic heterocycles. The number of carbonyl (C=O) groups excluding carboxylic acids is 1. The summed E-state index contributed by atoms with van der Waals surface area (Å²) in [6.07, 6.45) is 0. The molecular weight excluding hydrogens is 426 g/mol. The lowest BCUT2D eigenvalue weighted by atomic mass is 10.1.